The minimum Gasteiger partial charge on any atom is -0.381 e. The van der Waals surface area contributed by atoms with Gasteiger partial charge in [0, 0.05) is 51.0 Å². The lowest BCUT2D eigenvalue weighted by Crippen LogP contribution is -2.38. The summed E-state index contributed by atoms with van der Waals surface area (Å²) in [7, 11) is 0. The van der Waals surface area contributed by atoms with Gasteiger partial charge in [0.2, 0.25) is 0 Å². The van der Waals surface area contributed by atoms with Crippen LogP contribution in [0.2, 0.25) is 0 Å². The van der Waals surface area contributed by atoms with Gasteiger partial charge >= 0.3 is 0 Å². The lowest BCUT2D eigenvalue weighted by atomic mass is 10.1. The fourth-order valence-electron chi connectivity index (χ4n) is 3.49. The molecule has 0 radical (unpaired) electrons. The molecule has 7 nitrogen and oxygen atoms in total. The van der Waals surface area contributed by atoms with Crippen LogP contribution in [-0.4, -0.2) is 71.8 Å². The van der Waals surface area contributed by atoms with E-state index in [9.17, 15) is 0 Å². The molecule has 0 spiro atoms. The fraction of sp³-hybridized carbons (Fsp3) is 0.682. The molecule has 2 heterocycles. The van der Waals surface area contributed by atoms with Gasteiger partial charge < -0.3 is 29.7 Å². The maximum Gasteiger partial charge on any atom is 0.191 e. The number of morpholine rings is 1. The van der Waals surface area contributed by atoms with E-state index in [0.29, 0.717) is 12.5 Å². The average molecular weight is 532 g/mol. The van der Waals surface area contributed by atoms with Crippen LogP contribution in [0.1, 0.15) is 25.3 Å². The molecule has 1 unspecified atom stereocenters. The first-order chi connectivity index (χ1) is 14.3. The van der Waals surface area contributed by atoms with E-state index < -0.39 is 0 Å². The van der Waals surface area contributed by atoms with Gasteiger partial charge in [-0.1, -0.05) is 12.1 Å². The maximum absolute atomic E-state index is 5.76. The predicted octanol–water partition coefficient (Wildman–Crippen LogP) is 2.64. The second-order valence-electron chi connectivity index (χ2n) is 7.55. The summed E-state index contributed by atoms with van der Waals surface area (Å²) in [4.78, 5) is 7.08. The zero-order chi connectivity index (χ0) is 20.2. The number of hydrogen-bond donors (Lipinski definition) is 2. The number of halogens is 1. The molecule has 2 aliphatic rings. The first-order valence-electron chi connectivity index (χ1n) is 10.9. The smallest absolute Gasteiger partial charge is 0.191 e. The molecule has 0 saturated carbocycles. The second kappa shape index (κ2) is 14.8. The van der Waals surface area contributed by atoms with E-state index in [1.807, 2.05) is 0 Å². The monoisotopic (exact) mass is 532 g/mol. The van der Waals surface area contributed by atoms with E-state index in [0.717, 1.165) is 84.6 Å². The van der Waals surface area contributed by atoms with Gasteiger partial charge in [-0.05, 0) is 37.5 Å². The summed E-state index contributed by atoms with van der Waals surface area (Å²) in [6.45, 7) is 11.3. The quantitative estimate of drug-likeness (QED) is 0.209. The van der Waals surface area contributed by atoms with E-state index in [1.54, 1.807) is 0 Å². The number of benzene rings is 1. The molecule has 2 saturated heterocycles. The number of nitrogens with zero attached hydrogens (tertiary/aromatic N) is 2. The largest absolute Gasteiger partial charge is 0.381 e. The van der Waals surface area contributed by atoms with Crippen molar-refractivity contribution in [2.24, 2.45) is 10.9 Å². The second-order valence-corrected chi connectivity index (χ2v) is 7.55. The Hall–Kier alpha value is -1.10. The van der Waals surface area contributed by atoms with E-state index in [2.05, 4.69) is 46.7 Å². The molecule has 2 N–H and O–H groups in total. The zero-order valence-electron chi connectivity index (χ0n) is 18.1. The third-order valence-corrected chi connectivity index (χ3v) is 5.21. The van der Waals surface area contributed by atoms with E-state index >= 15 is 0 Å². The van der Waals surface area contributed by atoms with E-state index in [1.165, 1.54) is 11.3 Å². The number of aliphatic imine (C=N–C) groups is 1. The molecule has 0 aliphatic carbocycles. The molecule has 2 fully saturated rings. The van der Waals surface area contributed by atoms with Crippen LogP contribution >= 0.6 is 24.0 Å². The Morgan fingerprint density at radius 2 is 1.93 bits per heavy atom. The Labute approximate surface area is 197 Å². The maximum atomic E-state index is 5.76. The molecule has 0 aromatic heterocycles. The number of hydrogen-bond acceptors (Lipinski definition) is 5. The Kier molecular flexibility index (Phi) is 12.4. The number of rotatable bonds is 10. The number of ether oxygens (including phenoxy) is 3. The molecule has 2 aliphatic heterocycles. The summed E-state index contributed by atoms with van der Waals surface area (Å²) < 4.78 is 16.6. The molecule has 8 heteroatoms. The van der Waals surface area contributed by atoms with Crippen LogP contribution in [0.15, 0.2) is 29.3 Å². The van der Waals surface area contributed by atoms with Crippen LogP contribution < -0.4 is 15.5 Å². The van der Waals surface area contributed by atoms with Gasteiger partial charge in [-0.25, -0.2) is 4.99 Å². The van der Waals surface area contributed by atoms with Crippen molar-refractivity contribution in [2.45, 2.75) is 26.3 Å². The molecular weight excluding hydrogens is 495 g/mol. The summed E-state index contributed by atoms with van der Waals surface area (Å²) in [5.74, 6) is 1.44. The van der Waals surface area contributed by atoms with Gasteiger partial charge in [0.25, 0.3) is 0 Å². The first kappa shape index (κ1) is 25.2. The summed E-state index contributed by atoms with van der Waals surface area (Å²) >= 11 is 0. The highest BCUT2D eigenvalue weighted by Crippen LogP contribution is 2.17. The Balaban J connectivity index is 0.00000320. The SMILES string of the molecule is CCNC(=NCc1ccc(N2CCOCC2)cc1)NCCCOCC1CCOC1.I. The van der Waals surface area contributed by atoms with Gasteiger partial charge in [-0.15, -0.1) is 24.0 Å². The highest BCUT2D eigenvalue weighted by atomic mass is 127. The van der Waals surface area contributed by atoms with Gasteiger partial charge in [-0.2, -0.15) is 0 Å². The van der Waals surface area contributed by atoms with Crippen molar-refractivity contribution in [3.63, 3.8) is 0 Å². The van der Waals surface area contributed by atoms with Crippen LogP contribution in [0, 0.1) is 5.92 Å². The number of nitrogens with one attached hydrogen (secondary N) is 2. The van der Waals surface area contributed by atoms with Crippen LogP contribution in [0.3, 0.4) is 0 Å². The predicted molar refractivity (Wildman–Crippen MR) is 132 cm³/mol. The van der Waals surface area contributed by atoms with E-state index in [-0.39, 0.29) is 24.0 Å². The molecule has 0 bridgehead atoms. The zero-order valence-corrected chi connectivity index (χ0v) is 20.4. The van der Waals surface area contributed by atoms with Crippen molar-refractivity contribution >= 4 is 35.6 Å². The van der Waals surface area contributed by atoms with Crippen molar-refractivity contribution in [1.82, 2.24) is 10.6 Å². The topological polar surface area (TPSA) is 67.4 Å². The third kappa shape index (κ3) is 8.95. The van der Waals surface area contributed by atoms with Gasteiger partial charge in [0.1, 0.15) is 0 Å². The minimum absolute atomic E-state index is 0. The molecule has 1 atom stereocenters. The lowest BCUT2D eigenvalue weighted by Gasteiger charge is -2.28. The summed E-state index contributed by atoms with van der Waals surface area (Å²) in [6, 6.07) is 8.70. The Morgan fingerprint density at radius 3 is 2.63 bits per heavy atom. The van der Waals surface area contributed by atoms with Gasteiger partial charge in [-0.3, -0.25) is 0 Å². The molecule has 30 heavy (non-hydrogen) atoms. The molecule has 1 aromatic carbocycles. The van der Waals surface area contributed by atoms with Crippen LogP contribution in [0.25, 0.3) is 0 Å². The highest BCUT2D eigenvalue weighted by molar-refractivity contribution is 14.0. The normalized spacial score (nSPS) is 19.4. The van der Waals surface area contributed by atoms with E-state index in [4.69, 9.17) is 19.2 Å². The number of anilines is 1. The number of guanidine groups is 1. The lowest BCUT2D eigenvalue weighted by molar-refractivity contribution is 0.0888. The third-order valence-electron chi connectivity index (χ3n) is 5.21. The van der Waals surface area contributed by atoms with Crippen LogP contribution in [0.5, 0.6) is 0 Å². The molecule has 3 rings (SSSR count). The van der Waals surface area contributed by atoms with Crippen molar-refractivity contribution in [3.05, 3.63) is 29.8 Å². The van der Waals surface area contributed by atoms with Crippen LogP contribution in [0.4, 0.5) is 5.69 Å². The first-order valence-corrected chi connectivity index (χ1v) is 10.9. The van der Waals surface area contributed by atoms with Gasteiger partial charge in [0.15, 0.2) is 5.96 Å². The van der Waals surface area contributed by atoms with Crippen LogP contribution in [-0.2, 0) is 20.8 Å². The van der Waals surface area contributed by atoms with Crippen molar-refractivity contribution in [2.75, 3.05) is 70.7 Å². The Bertz CT molecular complexity index is 603. The molecule has 170 valence electrons. The summed E-state index contributed by atoms with van der Waals surface area (Å²) in [6.07, 6.45) is 2.09. The minimum atomic E-state index is 0. The summed E-state index contributed by atoms with van der Waals surface area (Å²) in [5.41, 5.74) is 2.47. The summed E-state index contributed by atoms with van der Waals surface area (Å²) in [5, 5.41) is 6.71. The fourth-order valence-corrected chi connectivity index (χ4v) is 3.49. The van der Waals surface area contributed by atoms with Crippen molar-refractivity contribution < 1.29 is 14.2 Å². The van der Waals surface area contributed by atoms with Gasteiger partial charge in [0.05, 0.1) is 33.0 Å². The van der Waals surface area contributed by atoms with Crippen molar-refractivity contribution in [1.29, 1.82) is 0 Å². The molecule has 0 amide bonds. The standard InChI is InChI=1S/C22H36N4O3.HI/c1-2-23-22(24-9-3-12-28-17-20-8-13-29-18-20)25-16-19-4-6-21(7-5-19)26-10-14-27-15-11-26;/h4-7,20H,2-3,8-18H2,1H3,(H2,23,24,25);1H. The Morgan fingerprint density at radius 1 is 1.13 bits per heavy atom. The molecular formula is C22H37IN4O3. The average Bonchev–Trinajstić information content (AvgIpc) is 3.29. The molecule has 1 aromatic rings. The van der Waals surface area contributed by atoms with Crippen molar-refractivity contribution in [3.8, 4) is 0 Å². The highest BCUT2D eigenvalue weighted by Gasteiger charge is 2.15.